The molecule has 0 saturated heterocycles. The molecule has 0 aliphatic carbocycles. The maximum Gasteiger partial charge on any atom is 0.309 e. The minimum atomic E-state index is -0.130. The van der Waals surface area contributed by atoms with Crippen LogP contribution in [0.25, 0.3) is 0 Å². The van der Waals surface area contributed by atoms with Gasteiger partial charge in [-0.1, -0.05) is 19.1 Å². The van der Waals surface area contributed by atoms with Crippen molar-refractivity contribution < 1.29 is 14.3 Å². The molecule has 0 saturated carbocycles. The van der Waals surface area contributed by atoms with Crippen molar-refractivity contribution in [2.45, 2.75) is 33.2 Å². The fourth-order valence-corrected chi connectivity index (χ4v) is 2.06. The van der Waals surface area contributed by atoms with E-state index in [-0.39, 0.29) is 24.3 Å². The van der Waals surface area contributed by atoms with Crippen LogP contribution in [-0.4, -0.2) is 19.7 Å². The van der Waals surface area contributed by atoms with Crippen LogP contribution in [-0.2, 0) is 22.5 Å². The average molecular weight is 302 g/mol. The Morgan fingerprint density at radius 2 is 2.05 bits per heavy atom. The number of nitrogens with two attached hydrogens (primary N) is 1. The van der Waals surface area contributed by atoms with Crippen molar-refractivity contribution in [3.8, 4) is 5.75 Å². The molecule has 0 amide bonds. The van der Waals surface area contributed by atoms with E-state index in [4.69, 9.17) is 15.2 Å². The van der Waals surface area contributed by atoms with Gasteiger partial charge in [-0.2, -0.15) is 0 Å². The second kappa shape index (κ2) is 9.61. The van der Waals surface area contributed by atoms with E-state index in [1.54, 1.807) is 7.11 Å². The number of esters is 1. The molecule has 1 aromatic rings. The second-order valence-electron chi connectivity index (χ2n) is 4.41. The number of ether oxygens (including phenoxy) is 2. The van der Waals surface area contributed by atoms with E-state index < -0.39 is 0 Å². The van der Waals surface area contributed by atoms with E-state index in [1.165, 1.54) is 0 Å². The van der Waals surface area contributed by atoms with Crippen LogP contribution in [0.3, 0.4) is 0 Å². The lowest BCUT2D eigenvalue weighted by molar-refractivity contribution is -0.148. The van der Waals surface area contributed by atoms with Gasteiger partial charge in [0.15, 0.2) is 0 Å². The van der Waals surface area contributed by atoms with Crippen molar-refractivity contribution in [1.29, 1.82) is 0 Å². The molecule has 1 rings (SSSR count). The second-order valence-corrected chi connectivity index (χ2v) is 4.41. The summed E-state index contributed by atoms with van der Waals surface area (Å²) in [4.78, 5) is 11.8. The zero-order valence-corrected chi connectivity index (χ0v) is 13.2. The average Bonchev–Trinajstić information content (AvgIpc) is 2.44. The zero-order valence-electron chi connectivity index (χ0n) is 12.3. The molecule has 0 aliphatic rings. The highest BCUT2D eigenvalue weighted by molar-refractivity contribution is 5.85. The predicted octanol–water partition coefficient (Wildman–Crippen LogP) is 2.71. The third kappa shape index (κ3) is 5.02. The SMILES string of the molecule is CCOC(=O)C(CC)Cc1ccc(OC)c(CN)c1.Cl. The molecule has 0 aliphatic heterocycles. The van der Waals surface area contributed by atoms with Crippen LogP contribution in [0.2, 0.25) is 0 Å². The molecule has 20 heavy (non-hydrogen) atoms. The third-order valence-electron chi connectivity index (χ3n) is 3.16. The van der Waals surface area contributed by atoms with Crippen LogP contribution in [0, 0.1) is 5.92 Å². The van der Waals surface area contributed by atoms with Crippen molar-refractivity contribution >= 4 is 18.4 Å². The summed E-state index contributed by atoms with van der Waals surface area (Å²) in [6, 6.07) is 5.87. The topological polar surface area (TPSA) is 61.5 Å². The molecule has 1 atom stereocenters. The van der Waals surface area contributed by atoms with Gasteiger partial charge in [0, 0.05) is 12.1 Å². The molecule has 0 spiro atoms. The molecule has 1 aromatic carbocycles. The first-order chi connectivity index (χ1) is 9.15. The molecule has 1 unspecified atom stereocenters. The summed E-state index contributed by atoms with van der Waals surface area (Å²) in [5, 5.41) is 0. The van der Waals surface area contributed by atoms with Crippen molar-refractivity contribution in [2.24, 2.45) is 11.7 Å². The first kappa shape index (κ1) is 18.7. The quantitative estimate of drug-likeness (QED) is 0.787. The van der Waals surface area contributed by atoms with Gasteiger partial charge in [-0.25, -0.2) is 0 Å². The fraction of sp³-hybridized carbons (Fsp3) is 0.533. The van der Waals surface area contributed by atoms with E-state index in [0.717, 1.165) is 23.3 Å². The maximum absolute atomic E-state index is 11.8. The molecule has 0 radical (unpaired) electrons. The minimum absolute atomic E-state index is 0. The number of benzene rings is 1. The largest absolute Gasteiger partial charge is 0.496 e. The molecule has 4 nitrogen and oxygen atoms in total. The number of hydrogen-bond donors (Lipinski definition) is 1. The van der Waals surface area contributed by atoms with Crippen molar-refractivity contribution in [3.05, 3.63) is 29.3 Å². The van der Waals surface area contributed by atoms with Crippen molar-refractivity contribution in [3.63, 3.8) is 0 Å². The molecule has 0 aromatic heterocycles. The summed E-state index contributed by atoms with van der Waals surface area (Å²) < 4.78 is 10.3. The summed E-state index contributed by atoms with van der Waals surface area (Å²) in [6.07, 6.45) is 1.44. The molecule has 0 fully saturated rings. The van der Waals surface area contributed by atoms with E-state index in [1.807, 2.05) is 32.0 Å². The third-order valence-corrected chi connectivity index (χ3v) is 3.16. The van der Waals surface area contributed by atoms with Crippen LogP contribution in [0.5, 0.6) is 5.75 Å². The number of hydrogen-bond acceptors (Lipinski definition) is 4. The number of methoxy groups -OCH3 is 1. The smallest absolute Gasteiger partial charge is 0.309 e. The lowest BCUT2D eigenvalue weighted by atomic mass is 9.95. The first-order valence-corrected chi connectivity index (χ1v) is 6.68. The van der Waals surface area contributed by atoms with Gasteiger partial charge in [-0.05, 0) is 31.4 Å². The molecule has 2 N–H and O–H groups in total. The standard InChI is InChI=1S/C15H23NO3.ClH/c1-4-12(15(17)19-5-2)8-11-6-7-14(18-3)13(9-11)10-16;/h6-7,9,12H,4-5,8,10,16H2,1-3H3;1H. The summed E-state index contributed by atoms with van der Waals surface area (Å²) in [5.74, 6) is 0.560. The normalized spacial score (nSPS) is 11.4. The summed E-state index contributed by atoms with van der Waals surface area (Å²) in [6.45, 7) is 4.67. The number of rotatable bonds is 7. The van der Waals surface area contributed by atoms with Crippen LogP contribution in [0.15, 0.2) is 18.2 Å². The highest BCUT2D eigenvalue weighted by Gasteiger charge is 2.18. The van der Waals surface area contributed by atoms with Gasteiger partial charge in [0.25, 0.3) is 0 Å². The van der Waals surface area contributed by atoms with Crippen LogP contribution in [0.1, 0.15) is 31.4 Å². The Kier molecular flexibility index (Phi) is 9.01. The molecule has 5 heteroatoms. The summed E-state index contributed by atoms with van der Waals surface area (Å²) in [5.41, 5.74) is 7.74. The number of halogens is 1. The Bertz CT molecular complexity index is 424. The van der Waals surface area contributed by atoms with Crippen molar-refractivity contribution in [1.82, 2.24) is 0 Å². The Morgan fingerprint density at radius 1 is 1.35 bits per heavy atom. The summed E-state index contributed by atoms with van der Waals surface area (Å²) >= 11 is 0. The zero-order chi connectivity index (χ0) is 14.3. The Labute approximate surface area is 127 Å². The lowest BCUT2D eigenvalue weighted by Gasteiger charge is -2.15. The van der Waals surface area contributed by atoms with Crippen LogP contribution < -0.4 is 10.5 Å². The van der Waals surface area contributed by atoms with E-state index in [9.17, 15) is 4.79 Å². The predicted molar refractivity (Wildman–Crippen MR) is 82.3 cm³/mol. The molecule has 0 heterocycles. The first-order valence-electron chi connectivity index (χ1n) is 6.68. The van der Waals surface area contributed by atoms with Crippen LogP contribution >= 0.6 is 12.4 Å². The lowest BCUT2D eigenvalue weighted by Crippen LogP contribution is -2.19. The van der Waals surface area contributed by atoms with Crippen molar-refractivity contribution in [2.75, 3.05) is 13.7 Å². The Hall–Kier alpha value is -1.26. The fourth-order valence-electron chi connectivity index (χ4n) is 2.06. The monoisotopic (exact) mass is 301 g/mol. The van der Waals surface area contributed by atoms with Gasteiger partial charge >= 0.3 is 5.97 Å². The van der Waals surface area contributed by atoms with Gasteiger partial charge in [-0.15, -0.1) is 12.4 Å². The minimum Gasteiger partial charge on any atom is -0.496 e. The summed E-state index contributed by atoms with van der Waals surface area (Å²) in [7, 11) is 1.63. The van der Waals surface area contributed by atoms with E-state index >= 15 is 0 Å². The van der Waals surface area contributed by atoms with Gasteiger partial charge in [0.05, 0.1) is 19.6 Å². The van der Waals surface area contributed by atoms with Gasteiger partial charge in [0.2, 0.25) is 0 Å². The molecular weight excluding hydrogens is 278 g/mol. The van der Waals surface area contributed by atoms with E-state index in [0.29, 0.717) is 19.6 Å². The van der Waals surface area contributed by atoms with Gasteiger partial charge in [-0.3, -0.25) is 4.79 Å². The maximum atomic E-state index is 11.8. The number of carbonyl (C=O) groups is 1. The van der Waals surface area contributed by atoms with Crippen LogP contribution in [0.4, 0.5) is 0 Å². The Morgan fingerprint density at radius 3 is 2.55 bits per heavy atom. The highest BCUT2D eigenvalue weighted by Crippen LogP contribution is 2.22. The van der Waals surface area contributed by atoms with E-state index in [2.05, 4.69) is 0 Å². The molecule has 0 bridgehead atoms. The number of carbonyl (C=O) groups excluding carboxylic acids is 1. The van der Waals surface area contributed by atoms with Gasteiger partial charge < -0.3 is 15.2 Å². The molecule has 114 valence electrons. The molecular formula is C15H24ClNO3. The highest BCUT2D eigenvalue weighted by atomic mass is 35.5. The Balaban J connectivity index is 0.00000361. The van der Waals surface area contributed by atoms with Gasteiger partial charge in [0.1, 0.15) is 5.75 Å².